The Balaban J connectivity index is -0.0000000202. The van der Waals surface area contributed by atoms with E-state index < -0.39 is 0 Å². The molecule has 0 nitrogen and oxygen atoms in total. The quantitative estimate of drug-likeness (QED) is 0.346. The SMILES string of the molecule is C[CH2][Al+][CH2]C.[C-]1=CC=CC1.[Cl-].[Cl-].[Cl-].[Cl-].[Ti+4]. The summed E-state index contributed by atoms with van der Waals surface area (Å²) in [6.07, 6.45) is 10.0. The molecule has 0 aliphatic heterocycles. The molecule has 0 atom stereocenters. The molecule has 0 unspecified atom stereocenters. The van der Waals surface area contributed by atoms with Gasteiger partial charge in [-0.05, 0) is 0 Å². The van der Waals surface area contributed by atoms with Gasteiger partial charge in [0.2, 0.25) is 0 Å². The summed E-state index contributed by atoms with van der Waals surface area (Å²) in [5.74, 6) is 0. The Labute approximate surface area is 140 Å². The molecule has 0 spiro atoms. The fraction of sp³-hybridized carbons (Fsp3) is 0.556. The van der Waals surface area contributed by atoms with Crippen LogP contribution in [0.25, 0.3) is 0 Å². The summed E-state index contributed by atoms with van der Waals surface area (Å²) in [6, 6.07) is 0. The first kappa shape index (κ1) is 36.0. The van der Waals surface area contributed by atoms with Crippen LogP contribution < -0.4 is 49.6 Å². The minimum Gasteiger partial charge on any atom is -1.00 e. The van der Waals surface area contributed by atoms with E-state index in [0.717, 1.165) is 21.6 Å². The first-order valence-electron chi connectivity index (χ1n) is 3.95. The predicted octanol–water partition coefficient (Wildman–Crippen LogP) is -9.11. The number of rotatable bonds is 2. The third kappa shape index (κ3) is 38.8. The van der Waals surface area contributed by atoms with E-state index in [4.69, 9.17) is 0 Å². The molecule has 1 aliphatic rings. The summed E-state index contributed by atoms with van der Waals surface area (Å²) < 4.78 is 0. The first-order valence-corrected chi connectivity index (χ1v) is 5.58. The second kappa shape index (κ2) is 36.0. The van der Waals surface area contributed by atoms with Crippen molar-refractivity contribution < 1.29 is 71.3 Å². The third-order valence-corrected chi connectivity index (χ3v) is 2.32. The van der Waals surface area contributed by atoms with E-state index in [0.29, 0.717) is 0 Å². The van der Waals surface area contributed by atoms with E-state index in [2.05, 4.69) is 26.0 Å². The average molecular weight is 340 g/mol. The van der Waals surface area contributed by atoms with Crippen LogP contribution in [0.2, 0.25) is 10.6 Å². The van der Waals surface area contributed by atoms with Crippen LogP contribution in [0.1, 0.15) is 20.3 Å². The fourth-order valence-electron chi connectivity index (χ4n) is 0.629. The number of hydrogen-bond acceptors (Lipinski definition) is 0. The molecule has 86 valence electrons. The predicted molar refractivity (Wildman–Crippen MR) is 48.3 cm³/mol. The molecule has 0 bridgehead atoms. The molecule has 15 heavy (non-hydrogen) atoms. The first-order chi connectivity index (χ1) is 4.91. The van der Waals surface area contributed by atoms with Gasteiger partial charge in [0, 0.05) is 0 Å². The Bertz CT molecular complexity index is 109. The van der Waals surface area contributed by atoms with Crippen LogP contribution in [0.15, 0.2) is 18.2 Å². The van der Waals surface area contributed by atoms with Gasteiger partial charge in [0.1, 0.15) is 0 Å². The minimum absolute atomic E-state index is 0. The molecular formula is C9H15AlCl4Ti. The van der Waals surface area contributed by atoms with Crippen LogP contribution in [0, 0.1) is 6.08 Å². The average Bonchev–Trinajstić information content (AvgIpc) is 2.44. The van der Waals surface area contributed by atoms with Gasteiger partial charge in [-0.3, -0.25) is 6.08 Å². The number of hydrogen-bond donors (Lipinski definition) is 0. The normalized spacial score (nSPS) is 8.13. The Kier molecular flexibility index (Phi) is 86.3. The van der Waals surface area contributed by atoms with Gasteiger partial charge in [-0.25, -0.2) is 12.2 Å². The number of halogens is 4. The van der Waals surface area contributed by atoms with Crippen LogP contribution in [0.3, 0.4) is 0 Å². The summed E-state index contributed by atoms with van der Waals surface area (Å²) in [5.41, 5.74) is 0. The van der Waals surface area contributed by atoms with Crippen molar-refractivity contribution in [2.24, 2.45) is 0 Å². The molecule has 0 saturated heterocycles. The Morgan fingerprint density at radius 1 is 1.07 bits per heavy atom. The Hall–Kier alpha value is 1.89. The minimum atomic E-state index is 0. The molecule has 0 fully saturated rings. The van der Waals surface area contributed by atoms with Gasteiger partial charge in [-0.1, -0.05) is 0 Å². The van der Waals surface area contributed by atoms with Crippen LogP contribution in [0.5, 0.6) is 0 Å². The summed E-state index contributed by atoms with van der Waals surface area (Å²) in [5, 5.41) is 2.85. The van der Waals surface area contributed by atoms with Gasteiger partial charge in [-0.15, -0.1) is 6.42 Å². The summed E-state index contributed by atoms with van der Waals surface area (Å²) >= 11 is 0.815. The van der Waals surface area contributed by atoms with Crippen molar-refractivity contribution in [3.63, 3.8) is 0 Å². The molecule has 0 aromatic carbocycles. The van der Waals surface area contributed by atoms with Gasteiger partial charge in [0.05, 0.1) is 0 Å². The molecule has 0 saturated carbocycles. The van der Waals surface area contributed by atoms with Crippen LogP contribution in [0.4, 0.5) is 0 Å². The van der Waals surface area contributed by atoms with Gasteiger partial charge >= 0.3 is 61.4 Å². The van der Waals surface area contributed by atoms with Crippen molar-refractivity contribution in [3.8, 4) is 0 Å². The molecule has 6 heteroatoms. The van der Waals surface area contributed by atoms with Crippen LogP contribution >= 0.6 is 0 Å². The number of allylic oxidation sites excluding steroid dienone is 4. The van der Waals surface area contributed by atoms with Gasteiger partial charge in [0.15, 0.2) is 0 Å². The Morgan fingerprint density at radius 2 is 1.53 bits per heavy atom. The van der Waals surface area contributed by atoms with Crippen LogP contribution in [-0.4, -0.2) is 15.2 Å². The van der Waals surface area contributed by atoms with E-state index in [-0.39, 0.29) is 71.3 Å². The maximum Gasteiger partial charge on any atom is 4.00 e. The zero-order valence-corrected chi connectivity index (χ0v) is 14.7. The van der Waals surface area contributed by atoms with Gasteiger partial charge in [-0.2, -0.15) is 6.08 Å². The molecule has 1 rings (SSSR count). The zero-order chi connectivity index (χ0) is 7.66. The Morgan fingerprint density at radius 3 is 1.60 bits per heavy atom. The maximum atomic E-state index is 2.99. The molecule has 0 heterocycles. The zero-order valence-electron chi connectivity index (χ0n) is 8.94. The van der Waals surface area contributed by atoms with Crippen molar-refractivity contribution >= 4 is 15.2 Å². The second-order valence-corrected chi connectivity index (χ2v) is 4.32. The molecule has 0 aromatic rings. The third-order valence-electron chi connectivity index (χ3n) is 1.16. The van der Waals surface area contributed by atoms with E-state index in [1.807, 2.05) is 12.2 Å². The van der Waals surface area contributed by atoms with Crippen molar-refractivity contribution in [1.82, 2.24) is 0 Å². The molecule has 0 radical (unpaired) electrons. The van der Waals surface area contributed by atoms with Gasteiger partial charge in [0.25, 0.3) is 0 Å². The molecular weight excluding hydrogens is 325 g/mol. The molecule has 0 aromatic heterocycles. The van der Waals surface area contributed by atoms with Crippen molar-refractivity contribution in [2.75, 3.05) is 0 Å². The molecule has 0 N–H and O–H groups in total. The summed E-state index contributed by atoms with van der Waals surface area (Å²) in [7, 11) is 0. The fourth-order valence-corrected chi connectivity index (χ4v) is 1.21. The van der Waals surface area contributed by atoms with Crippen molar-refractivity contribution in [3.05, 3.63) is 24.3 Å². The van der Waals surface area contributed by atoms with E-state index in [1.54, 1.807) is 0 Å². The van der Waals surface area contributed by atoms with Gasteiger partial charge < -0.3 is 49.6 Å². The maximum absolute atomic E-state index is 2.99. The standard InChI is InChI=1S/C5H5.2C2H5.Al.4ClH.Ti/c1-2-4-5-3-1;2*1-2;;;;;;/h1-3H,4H2;2*1H2,2H3;;4*1H;/q-1;;;+1;;;;;+4/p-4. The largest absolute Gasteiger partial charge is 4.00 e. The monoisotopic (exact) mass is 338 g/mol. The van der Waals surface area contributed by atoms with Crippen molar-refractivity contribution in [1.29, 1.82) is 0 Å². The molecule has 0 amide bonds. The topological polar surface area (TPSA) is 0 Å². The smallest absolute Gasteiger partial charge is 1.00 e. The summed E-state index contributed by atoms with van der Waals surface area (Å²) in [6.45, 7) is 4.50. The second-order valence-electron chi connectivity index (χ2n) is 2.11. The van der Waals surface area contributed by atoms with Crippen molar-refractivity contribution in [2.45, 2.75) is 30.8 Å². The van der Waals surface area contributed by atoms with Crippen LogP contribution in [-0.2, 0) is 21.7 Å². The summed E-state index contributed by atoms with van der Waals surface area (Å²) in [4.78, 5) is 0. The van der Waals surface area contributed by atoms with E-state index >= 15 is 0 Å². The van der Waals surface area contributed by atoms with E-state index in [1.165, 1.54) is 10.6 Å². The molecule has 1 aliphatic carbocycles. The van der Waals surface area contributed by atoms with E-state index in [9.17, 15) is 0 Å².